The van der Waals surface area contributed by atoms with Crippen LogP contribution in [0.15, 0.2) is 0 Å². The van der Waals surface area contributed by atoms with Crippen LogP contribution in [0, 0.1) is 23.2 Å². The highest BCUT2D eigenvalue weighted by Gasteiger charge is 2.50. The highest BCUT2D eigenvalue weighted by Crippen LogP contribution is 2.61. The number of rotatable bonds is 4. The highest BCUT2D eigenvalue weighted by atomic mass is 32.1. The molecule has 1 nitrogen and oxygen atoms in total. The van der Waals surface area contributed by atoms with Crippen LogP contribution < -0.4 is 5.32 Å². The van der Waals surface area contributed by atoms with Crippen molar-refractivity contribution >= 4 is 17.2 Å². The predicted octanol–water partition coefficient (Wildman–Crippen LogP) is 3.92. The van der Waals surface area contributed by atoms with Gasteiger partial charge in [0.2, 0.25) is 0 Å². The van der Waals surface area contributed by atoms with Gasteiger partial charge in [-0.05, 0) is 68.1 Å². The molecule has 0 spiro atoms. The Morgan fingerprint density at radius 1 is 1.12 bits per heavy atom. The Kier molecular flexibility index (Phi) is 3.18. The number of hydrogen-bond donors (Lipinski definition) is 1. The summed E-state index contributed by atoms with van der Waals surface area (Å²) in [6.45, 7) is 3.27. The summed E-state index contributed by atoms with van der Waals surface area (Å²) in [5.41, 5.74) is 0.618. The Hall–Kier alpha value is -0.110. The van der Waals surface area contributed by atoms with Gasteiger partial charge < -0.3 is 5.32 Å². The molecule has 0 heterocycles. The molecule has 0 aromatic carbocycles. The Morgan fingerprint density at radius 3 is 2.12 bits per heavy atom. The maximum absolute atomic E-state index is 5.54. The van der Waals surface area contributed by atoms with Gasteiger partial charge in [0.25, 0.3) is 0 Å². The van der Waals surface area contributed by atoms with Gasteiger partial charge in [-0.3, -0.25) is 0 Å². The van der Waals surface area contributed by atoms with E-state index in [-0.39, 0.29) is 0 Å². The van der Waals surface area contributed by atoms with E-state index >= 15 is 0 Å². The third kappa shape index (κ3) is 2.38. The van der Waals surface area contributed by atoms with E-state index < -0.39 is 0 Å². The minimum atomic E-state index is 0.618. The smallest absolute Gasteiger partial charge is 0.0758 e. The summed E-state index contributed by atoms with van der Waals surface area (Å²) in [5.74, 6) is 3.15. The van der Waals surface area contributed by atoms with Crippen molar-refractivity contribution in [3.8, 4) is 0 Å². The first-order valence-corrected chi connectivity index (χ1v) is 7.87. The molecule has 0 aromatic heterocycles. The summed E-state index contributed by atoms with van der Waals surface area (Å²) in [6.07, 6.45) is 11.4. The quantitative estimate of drug-likeness (QED) is 0.760. The van der Waals surface area contributed by atoms with Crippen LogP contribution >= 0.6 is 12.2 Å². The van der Waals surface area contributed by atoms with Crippen LogP contribution in [0.25, 0.3) is 0 Å². The van der Waals surface area contributed by atoms with Crippen LogP contribution in [0.3, 0.4) is 0 Å². The van der Waals surface area contributed by atoms with E-state index in [0.29, 0.717) is 5.41 Å². The van der Waals surface area contributed by atoms with Gasteiger partial charge in [0.1, 0.15) is 0 Å². The monoisotopic (exact) mass is 251 g/mol. The molecule has 0 amide bonds. The summed E-state index contributed by atoms with van der Waals surface area (Å²) < 4.78 is 0. The zero-order valence-corrected chi connectivity index (χ0v) is 11.8. The van der Waals surface area contributed by atoms with Gasteiger partial charge in [0.05, 0.1) is 4.99 Å². The molecule has 4 aliphatic rings. The van der Waals surface area contributed by atoms with E-state index in [1.165, 1.54) is 51.4 Å². The minimum absolute atomic E-state index is 0.618. The first kappa shape index (κ1) is 12.0. The van der Waals surface area contributed by atoms with E-state index in [0.717, 1.165) is 29.3 Å². The second-order valence-corrected chi connectivity index (χ2v) is 7.44. The fraction of sp³-hybridized carbons (Fsp3) is 0.933. The molecule has 4 aliphatic carbocycles. The van der Waals surface area contributed by atoms with Gasteiger partial charge in [0.15, 0.2) is 0 Å². The summed E-state index contributed by atoms with van der Waals surface area (Å²) in [5, 5.41) is 3.44. The standard InChI is InChI=1S/C15H25NS/c1-2-3-16-14(17)10-15-7-11-4-12(8-15)6-13(5-11)9-15/h11-13H,2-10H2,1H3,(H,16,17). The van der Waals surface area contributed by atoms with E-state index in [9.17, 15) is 0 Å². The third-order valence-corrected chi connectivity index (χ3v) is 5.56. The van der Waals surface area contributed by atoms with Crippen molar-refractivity contribution in [3.63, 3.8) is 0 Å². The molecule has 1 N–H and O–H groups in total. The Labute approximate surface area is 111 Å². The predicted molar refractivity (Wildman–Crippen MR) is 76.1 cm³/mol. The van der Waals surface area contributed by atoms with E-state index in [4.69, 9.17) is 12.2 Å². The lowest BCUT2D eigenvalue weighted by Crippen LogP contribution is -2.47. The lowest BCUT2D eigenvalue weighted by Gasteiger charge is -2.57. The maximum atomic E-state index is 5.54. The molecule has 0 atom stereocenters. The van der Waals surface area contributed by atoms with Crippen LogP contribution in [-0.4, -0.2) is 11.5 Å². The molecule has 17 heavy (non-hydrogen) atoms. The van der Waals surface area contributed by atoms with Crippen molar-refractivity contribution in [2.75, 3.05) is 6.54 Å². The molecule has 0 radical (unpaired) electrons. The van der Waals surface area contributed by atoms with E-state index in [2.05, 4.69) is 12.2 Å². The third-order valence-electron chi connectivity index (χ3n) is 5.27. The molecule has 4 rings (SSSR count). The largest absolute Gasteiger partial charge is 0.380 e. The fourth-order valence-corrected chi connectivity index (χ4v) is 5.58. The zero-order valence-electron chi connectivity index (χ0n) is 11.0. The Balaban J connectivity index is 1.64. The molecule has 96 valence electrons. The maximum Gasteiger partial charge on any atom is 0.0758 e. The molecular formula is C15H25NS. The van der Waals surface area contributed by atoms with Crippen molar-refractivity contribution < 1.29 is 0 Å². The molecule has 0 saturated heterocycles. The topological polar surface area (TPSA) is 12.0 Å². The van der Waals surface area contributed by atoms with Gasteiger partial charge in [-0.25, -0.2) is 0 Å². The fourth-order valence-electron chi connectivity index (χ4n) is 5.17. The normalized spacial score (nSPS) is 42.8. The summed E-state index contributed by atoms with van der Waals surface area (Å²) in [7, 11) is 0. The number of nitrogens with one attached hydrogen (secondary N) is 1. The van der Waals surface area contributed by atoms with Crippen LogP contribution in [0.2, 0.25) is 0 Å². The molecule has 0 unspecified atom stereocenters. The van der Waals surface area contributed by atoms with Crippen molar-refractivity contribution in [3.05, 3.63) is 0 Å². The van der Waals surface area contributed by atoms with Gasteiger partial charge in [-0.2, -0.15) is 0 Å². The van der Waals surface area contributed by atoms with Crippen LogP contribution in [0.1, 0.15) is 58.3 Å². The van der Waals surface area contributed by atoms with Gasteiger partial charge in [-0.15, -0.1) is 0 Å². The first-order chi connectivity index (χ1) is 8.19. The molecule has 0 aromatic rings. The summed E-state index contributed by atoms with van der Waals surface area (Å²) >= 11 is 5.54. The van der Waals surface area contributed by atoms with Crippen LogP contribution in [-0.2, 0) is 0 Å². The second-order valence-electron chi connectivity index (χ2n) is 6.94. The molecule has 0 aliphatic heterocycles. The van der Waals surface area contributed by atoms with Crippen molar-refractivity contribution in [1.82, 2.24) is 5.32 Å². The zero-order chi connectivity index (χ0) is 11.9. The van der Waals surface area contributed by atoms with E-state index in [1.54, 1.807) is 0 Å². The van der Waals surface area contributed by atoms with E-state index in [1.807, 2.05) is 0 Å². The lowest BCUT2D eigenvalue weighted by atomic mass is 9.49. The van der Waals surface area contributed by atoms with Crippen molar-refractivity contribution in [1.29, 1.82) is 0 Å². The number of hydrogen-bond acceptors (Lipinski definition) is 1. The summed E-state index contributed by atoms with van der Waals surface area (Å²) in [6, 6.07) is 0. The van der Waals surface area contributed by atoms with Gasteiger partial charge in [0, 0.05) is 13.0 Å². The van der Waals surface area contributed by atoms with Crippen LogP contribution in [0.4, 0.5) is 0 Å². The molecule has 2 heteroatoms. The molecular weight excluding hydrogens is 226 g/mol. The molecule has 4 saturated carbocycles. The minimum Gasteiger partial charge on any atom is -0.380 e. The van der Waals surface area contributed by atoms with Crippen LogP contribution in [0.5, 0.6) is 0 Å². The Bertz CT molecular complexity index is 275. The van der Waals surface area contributed by atoms with Gasteiger partial charge in [-0.1, -0.05) is 19.1 Å². The SMILES string of the molecule is CCCNC(=S)CC12CC3CC(CC(C3)C1)C2. The lowest BCUT2D eigenvalue weighted by molar-refractivity contribution is -0.0482. The molecule has 4 bridgehead atoms. The number of thiocarbonyl (C=S) groups is 1. The first-order valence-electron chi connectivity index (χ1n) is 7.46. The summed E-state index contributed by atoms with van der Waals surface area (Å²) in [4.78, 5) is 1.15. The Morgan fingerprint density at radius 2 is 1.65 bits per heavy atom. The van der Waals surface area contributed by atoms with Gasteiger partial charge >= 0.3 is 0 Å². The average Bonchev–Trinajstić information content (AvgIpc) is 2.23. The van der Waals surface area contributed by atoms with Crippen molar-refractivity contribution in [2.45, 2.75) is 58.3 Å². The highest BCUT2D eigenvalue weighted by molar-refractivity contribution is 7.80. The average molecular weight is 251 g/mol. The second kappa shape index (κ2) is 4.53. The molecule has 4 fully saturated rings. The van der Waals surface area contributed by atoms with Crippen molar-refractivity contribution in [2.24, 2.45) is 23.2 Å².